The van der Waals surface area contributed by atoms with Gasteiger partial charge in [0.1, 0.15) is 0 Å². The van der Waals surface area contributed by atoms with Crippen molar-refractivity contribution in [2.24, 2.45) is 11.8 Å². The molecule has 7 nitrogen and oxygen atoms in total. The fraction of sp³-hybridized carbons (Fsp3) is 0.231. The van der Waals surface area contributed by atoms with Crippen molar-refractivity contribution in [3.05, 3.63) is 71.1 Å². The number of hydrogen-bond donors (Lipinski definition) is 3. The number of aromatic nitrogens is 1. The lowest BCUT2D eigenvalue weighted by atomic mass is 9.82. The van der Waals surface area contributed by atoms with Gasteiger partial charge in [0.25, 0.3) is 0 Å². The molecule has 1 heterocycles. The van der Waals surface area contributed by atoms with Crippen molar-refractivity contribution in [2.75, 3.05) is 10.6 Å². The minimum Gasteiger partial charge on any atom is -0.481 e. The molecule has 1 aromatic heterocycles. The zero-order chi connectivity index (χ0) is 25.7. The molecule has 4 rings (SSSR count). The van der Waals surface area contributed by atoms with E-state index in [1.165, 1.54) is 23.1 Å². The van der Waals surface area contributed by atoms with Crippen LogP contribution in [0, 0.1) is 11.8 Å². The molecule has 186 valence electrons. The minimum atomic E-state index is -0.961. The highest BCUT2D eigenvalue weighted by Gasteiger charge is 2.33. The fourth-order valence-corrected chi connectivity index (χ4v) is 5.49. The summed E-state index contributed by atoms with van der Waals surface area (Å²) in [5, 5.41) is 17.7. The Morgan fingerprint density at radius 3 is 2.36 bits per heavy atom. The number of hydrogen-bond acceptors (Lipinski definition) is 6. The molecule has 3 aromatic rings. The van der Waals surface area contributed by atoms with Crippen LogP contribution in [0.2, 0.25) is 5.02 Å². The van der Waals surface area contributed by atoms with E-state index in [2.05, 4.69) is 15.6 Å². The third kappa shape index (κ3) is 6.54. The molecular weight excluding hydrogens is 518 g/mol. The molecule has 1 aliphatic carbocycles. The molecule has 0 fully saturated rings. The number of halogens is 1. The quantitative estimate of drug-likeness (QED) is 0.232. The van der Waals surface area contributed by atoms with Crippen LogP contribution in [0.15, 0.2) is 71.0 Å². The van der Waals surface area contributed by atoms with Crippen molar-refractivity contribution < 1.29 is 19.5 Å². The number of carbonyl (C=O) groups is 3. The van der Waals surface area contributed by atoms with Gasteiger partial charge in [0.05, 0.1) is 22.8 Å². The summed E-state index contributed by atoms with van der Waals surface area (Å²) in [4.78, 5) is 42.1. The van der Waals surface area contributed by atoms with Crippen LogP contribution in [0.5, 0.6) is 0 Å². The number of allylic oxidation sites excluding steroid dienone is 2. The average molecular weight is 542 g/mol. The van der Waals surface area contributed by atoms with Crippen LogP contribution < -0.4 is 10.6 Å². The molecule has 0 radical (unpaired) electrons. The number of carboxylic acids is 1. The molecule has 3 atom stereocenters. The maximum atomic E-state index is 12.7. The van der Waals surface area contributed by atoms with E-state index < -0.39 is 17.8 Å². The molecule has 0 aliphatic heterocycles. The lowest BCUT2D eigenvalue weighted by molar-refractivity contribution is -0.146. The zero-order valence-electron chi connectivity index (χ0n) is 19.3. The first-order valence-corrected chi connectivity index (χ1v) is 13.4. The van der Waals surface area contributed by atoms with Crippen molar-refractivity contribution in [3.63, 3.8) is 0 Å². The first-order valence-electron chi connectivity index (χ1n) is 11.3. The van der Waals surface area contributed by atoms with Gasteiger partial charge in [-0.2, -0.15) is 0 Å². The Labute approximate surface area is 222 Å². The van der Waals surface area contributed by atoms with E-state index in [-0.39, 0.29) is 17.1 Å². The summed E-state index contributed by atoms with van der Waals surface area (Å²) in [5.74, 6) is -2.75. The molecular formula is C26H24ClN3O4S2. The topological polar surface area (TPSA) is 108 Å². The maximum absolute atomic E-state index is 12.7. The summed E-state index contributed by atoms with van der Waals surface area (Å²) in [5.41, 5.74) is 2.27. The molecule has 0 saturated heterocycles. The number of thioether (sulfide) groups is 1. The van der Waals surface area contributed by atoms with Crippen LogP contribution in [0.25, 0.3) is 11.3 Å². The number of nitrogens with zero attached hydrogens (tertiary/aromatic N) is 1. The number of aliphatic carboxylic acids is 1. The number of carbonyl (C=O) groups excluding carboxylic acids is 2. The molecule has 1 aliphatic rings. The molecule has 36 heavy (non-hydrogen) atoms. The van der Waals surface area contributed by atoms with Crippen molar-refractivity contribution in [3.8, 4) is 11.3 Å². The van der Waals surface area contributed by atoms with Gasteiger partial charge in [-0.1, -0.05) is 35.9 Å². The van der Waals surface area contributed by atoms with E-state index in [9.17, 15) is 19.5 Å². The van der Waals surface area contributed by atoms with Crippen molar-refractivity contribution in [1.82, 2.24) is 4.98 Å². The summed E-state index contributed by atoms with van der Waals surface area (Å²) < 4.78 is 0. The lowest BCUT2D eigenvalue weighted by Gasteiger charge is -2.24. The van der Waals surface area contributed by atoms with Crippen LogP contribution >= 0.6 is 34.7 Å². The first-order chi connectivity index (χ1) is 17.3. The predicted molar refractivity (Wildman–Crippen MR) is 145 cm³/mol. The Bertz CT molecular complexity index is 1280. The second kappa shape index (κ2) is 11.7. The largest absolute Gasteiger partial charge is 0.481 e. The van der Waals surface area contributed by atoms with E-state index >= 15 is 0 Å². The van der Waals surface area contributed by atoms with Gasteiger partial charge in [-0.25, -0.2) is 4.98 Å². The normalized spacial score (nSPS) is 17.8. The highest BCUT2D eigenvalue weighted by Crippen LogP contribution is 2.30. The van der Waals surface area contributed by atoms with Gasteiger partial charge < -0.3 is 15.7 Å². The second-order valence-electron chi connectivity index (χ2n) is 8.30. The predicted octanol–water partition coefficient (Wildman–Crippen LogP) is 6.19. The molecule has 0 bridgehead atoms. The molecule has 3 N–H and O–H groups in total. The number of thiazole rings is 1. The Morgan fingerprint density at radius 1 is 1.03 bits per heavy atom. The second-order valence-corrected chi connectivity index (χ2v) is 11.0. The van der Waals surface area contributed by atoms with Crippen LogP contribution in [0.1, 0.15) is 19.8 Å². The monoisotopic (exact) mass is 541 g/mol. The van der Waals surface area contributed by atoms with Gasteiger partial charge in [0, 0.05) is 26.5 Å². The van der Waals surface area contributed by atoms with Gasteiger partial charge in [0.15, 0.2) is 5.13 Å². The molecule has 10 heteroatoms. The summed E-state index contributed by atoms with van der Waals surface area (Å²) in [6.07, 6.45) is 4.41. The number of benzene rings is 2. The first kappa shape index (κ1) is 25.9. The van der Waals surface area contributed by atoms with Crippen molar-refractivity contribution in [1.29, 1.82) is 0 Å². The van der Waals surface area contributed by atoms with Crippen LogP contribution in [-0.4, -0.2) is 33.1 Å². The summed E-state index contributed by atoms with van der Waals surface area (Å²) in [6, 6.07) is 14.5. The van der Waals surface area contributed by atoms with Gasteiger partial charge >= 0.3 is 5.97 Å². The number of rotatable bonds is 8. The van der Waals surface area contributed by atoms with E-state index in [0.29, 0.717) is 28.7 Å². The summed E-state index contributed by atoms with van der Waals surface area (Å²) in [6.45, 7) is 1.81. The Balaban J connectivity index is 1.30. The summed E-state index contributed by atoms with van der Waals surface area (Å²) >= 11 is 8.68. The number of nitrogens with one attached hydrogen (secondary N) is 2. The lowest BCUT2D eigenvalue weighted by Crippen LogP contribution is -2.34. The van der Waals surface area contributed by atoms with E-state index in [1.54, 1.807) is 30.3 Å². The number of carboxylic acid groups (broad SMARTS) is 1. The van der Waals surface area contributed by atoms with Gasteiger partial charge in [-0.05, 0) is 56.2 Å². The minimum absolute atomic E-state index is 0.167. The molecule has 0 saturated carbocycles. The highest BCUT2D eigenvalue weighted by molar-refractivity contribution is 8.00. The maximum Gasteiger partial charge on any atom is 0.307 e. The fourth-order valence-electron chi connectivity index (χ4n) is 3.78. The van der Waals surface area contributed by atoms with Gasteiger partial charge in [-0.15, -0.1) is 23.1 Å². The smallest absolute Gasteiger partial charge is 0.307 e. The number of amides is 2. The molecule has 3 unspecified atom stereocenters. The van der Waals surface area contributed by atoms with Gasteiger partial charge in [0.2, 0.25) is 11.8 Å². The third-order valence-electron chi connectivity index (χ3n) is 5.76. The summed E-state index contributed by atoms with van der Waals surface area (Å²) in [7, 11) is 0. The van der Waals surface area contributed by atoms with Crippen LogP contribution in [-0.2, 0) is 14.4 Å². The third-order valence-corrected chi connectivity index (χ3v) is 7.89. The van der Waals surface area contributed by atoms with Gasteiger partial charge in [-0.3, -0.25) is 14.4 Å². The van der Waals surface area contributed by atoms with E-state index in [4.69, 9.17) is 11.6 Å². The Hall–Kier alpha value is -3.14. The standard InChI is InChI=1S/C26H24ClN3O4S2/c1-15(23(31)30-26-29-22(14-35-26)16-6-8-17(27)9-7-16)36-19-12-10-18(11-13-19)28-24(32)20-4-2-3-5-21(20)25(33)34/h2-3,6-15,20-21H,4-5H2,1H3,(H,28,32)(H,33,34)(H,29,30,31). The average Bonchev–Trinajstić information content (AvgIpc) is 3.34. The SMILES string of the molecule is CC(Sc1ccc(NC(=O)C2CC=CCC2C(=O)O)cc1)C(=O)Nc1nc(-c2ccc(Cl)cc2)cs1. The van der Waals surface area contributed by atoms with E-state index in [1.807, 2.05) is 42.6 Å². The zero-order valence-corrected chi connectivity index (χ0v) is 21.7. The number of anilines is 2. The van der Waals surface area contributed by atoms with Crippen molar-refractivity contribution >= 4 is 63.3 Å². The Kier molecular flexibility index (Phi) is 8.45. The molecule has 2 amide bonds. The van der Waals surface area contributed by atoms with E-state index in [0.717, 1.165) is 16.2 Å². The van der Waals surface area contributed by atoms with Crippen molar-refractivity contribution in [2.45, 2.75) is 29.9 Å². The van der Waals surface area contributed by atoms with Crippen LogP contribution in [0.4, 0.5) is 10.8 Å². The molecule has 2 aromatic carbocycles. The molecule has 0 spiro atoms. The Morgan fingerprint density at radius 2 is 1.69 bits per heavy atom. The van der Waals surface area contributed by atoms with Crippen LogP contribution in [0.3, 0.4) is 0 Å². The highest BCUT2D eigenvalue weighted by atomic mass is 35.5.